The predicted octanol–water partition coefficient (Wildman–Crippen LogP) is 1.50. The monoisotopic (exact) mass is 316 g/mol. The molecule has 1 atom stereocenters. The van der Waals surface area contributed by atoms with Crippen LogP contribution in [-0.4, -0.2) is 51.7 Å². The molecule has 0 unspecified atom stereocenters. The van der Waals surface area contributed by atoms with E-state index in [0.717, 1.165) is 30.7 Å². The van der Waals surface area contributed by atoms with E-state index in [4.69, 9.17) is 9.26 Å². The predicted molar refractivity (Wildman–Crippen MR) is 81.9 cm³/mol. The number of hydrogen-bond acceptors (Lipinski definition) is 6. The quantitative estimate of drug-likeness (QED) is 0.831. The van der Waals surface area contributed by atoms with Crippen molar-refractivity contribution in [3.63, 3.8) is 0 Å². The molecule has 7 heteroatoms. The molecule has 2 aromatic heterocycles. The Balaban J connectivity index is 1.67. The Labute approximate surface area is 134 Å². The van der Waals surface area contributed by atoms with E-state index in [1.165, 1.54) is 0 Å². The molecule has 0 bridgehead atoms. The summed E-state index contributed by atoms with van der Waals surface area (Å²) in [5.41, 5.74) is 1.70. The molecule has 1 saturated heterocycles. The Morgan fingerprint density at radius 3 is 3.04 bits per heavy atom. The fourth-order valence-corrected chi connectivity index (χ4v) is 2.66. The number of morpholine rings is 1. The van der Waals surface area contributed by atoms with E-state index < -0.39 is 0 Å². The second-order valence-corrected chi connectivity index (χ2v) is 5.50. The number of aromatic nitrogens is 3. The van der Waals surface area contributed by atoms with Crippen molar-refractivity contribution >= 4 is 5.91 Å². The van der Waals surface area contributed by atoms with Crippen LogP contribution in [0.5, 0.6) is 0 Å². The molecular weight excluding hydrogens is 296 g/mol. The molecular formula is C16H20N4O3. The van der Waals surface area contributed by atoms with Crippen LogP contribution in [0.4, 0.5) is 0 Å². The Bertz CT molecular complexity index is 644. The standard InChI is InChI=1S/C16H20N4O3/c1-2-12-9-15(23-19-12)16(21)20-7-8-22-11-14(20)4-3-13-10-17-5-6-18-13/h5-6,9-10,14H,2-4,7-8,11H2,1H3/t14-/m1/s1. The van der Waals surface area contributed by atoms with E-state index in [0.29, 0.717) is 25.5 Å². The van der Waals surface area contributed by atoms with Crippen LogP contribution in [0.1, 0.15) is 35.3 Å². The maximum atomic E-state index is 12.7. The van der Waals surface area contributed by atoms with E-state index in [1.54, 1.807) is 24.7 Å². The zero-order valence-electron chi connectivity index (χ0n) is 13.1. The summed E-state index contributed by atoms with van der Waals surface area (Å²) >= 11 is 0. The first-order valence-corrected chi connectivity index (χ1v) is 7.87. The molecule has 1 amide bonds. The van der Waals surface area contributed by atoms with Crippen LogP contribution < -0.4 is 0 Å². The Morgan fingerprint density at radius 1 is 1.39 bits per heavy atom. The summed E-state index contributed by atoms with van der Waals surface area (Å²) in [5.74, 6) is 0.179. The zero-order chi connectivity index (χ0) is 16.1. The summed E-state index contributed by atoms with van der Waals surface area (Å²) in [7, 11) is 0. The third-order valence-corrected chi connectivity index (χ3v) is 3.97. The number of aryl methyl sites for hydroxylation is 2. The van der Waals surface area contributed by atoms with Crippen molar-refractivity contribution in [2.24, 2.45) is 0 Å². The van der Waals surface area contributed by atoms with Gasteiger partial charge < -0.3 is 14.2 Å². The fraction of sp³-hybridized carbons (Fsp3) is 0.500. The van der Waals surface area contributed by atoms with Crippen LogP contribution in [-0.2, 0) is 17.6 Å². The Morgan fingerprint density at radius 2 is 2.30 bits per heavy atom. The third-order valence-electron chi connectivity index (χ3n) is 3.97. The van der Waals surface area contributed by atoms with Gasteiger partial charge in [0.05, 0.1) is 30.6 Å². The molecule has 7 nitrogen and oxygen atoms in total. The van der Waals surface area contributed by atoms with E-state index >= 15 is 0 Å². The SMILES string of the molecule is CCc1cc(C(=O)N2CCOC[C@H]2CCc2cnccn2)on1. The highest BCUT2D eigenvalue weighted by Gasteiger charge is 2.30. The summed E-state index contributed by atoms with van der Waals surface area (Å²) in [4.78, 5) is 22.8. The third kappa shape index (κ3) is 3.73. The van der Waals surface area contributed by atoms with Gasteiger partial charge in [-0.1, -0.05) is 12.1 Å². The first kappa shape index (κ1) is 15.6. The summed E-state index contributed by atoms with van der Waals surface area (Å²) in [6, 6.07) is 1.73. The van der Waals surface area contributed by atoms with Gasteiger partial charge >= 0.3 is 0 Å². The van der Waals surface area contributed by atoms with Crippen molar-refractivity contribution < 1.29 is 14.1 Å². The maximum Gasteiger partial charge on any atom is 0.292 e. The van der Waals surface area contributed by atoms with Gasteiger partial charge in [-0.3, -0.25) is 14.8 Å². The molecule has 0 spiro atoms. The smallest absolute Gasteiger partial charge is 0.292 e. The van der Waals surface area contributed by atoms with Crippen LogP contribution in [0.25, 0.3) is 0 Å². The highest BCUT2D eigenvalue weighted by Crippen LogP contribution is 2.17. The molecule has 23 heavy (non-hydrogen) atoms. The van der Waals surface area contributed by atoms with E-state index in [2.05, 4.69) is 15.1 Å². The van der Waals surface area contributed by atoms with Crippen LogP contribution in [0.15, 0.2) is 29.2 Å². The largest absolute Gasteiger partial charge is 0.377 e. The minimum atomic E-state index is -0.121. The molecule has 0 aliphatic carbocycles. The number of carbonyl (C=O) groups excluding carboxylic acids is 1. The van der Waals surface area contributed by atoms with Gasteiger partial charge in [0.25, 0.3) is 5.91 Å². The molecule has 1 aliphatic heterocycles. The van der Waals surface area contributed by atoms with Gasteiger partial charge in [-0.15, -0.1) is 0 Å². The zero-order valence-corrected chi connectivity index (χ0v) is 13.1. The Kier molecular flexibility index (Phi) is 4.97. The van der Waals surface area contributed by atoms with E-state index in [9.17, 15) is 4.79 Å². The molecule has 122 valence electrons. The number of amides is 1. The average Bonchev–Trinajstić information content (AvgIpc) is 3.10. The van der Waals surface area contributed by atoms with Crippen molar-refractivity contribution in [3.05, 3.63) is 41.8 Å². The summed E-state index contributed by atoms with van der Waals surface area (Å²) in [5, 5.41) is 3.90. The highest BCUT2D eigenvalue weighted by atomic mass is 16.5. The van der Waals surface area contributed by atoms with Gasteiger partial charge in [-0.2, -0.15) is 0 Å². The number of hydrogen-bond donors (Lipinski definition) is 0. The summed E-state index contributed by atoms with van der Waals surface area (Å²) in [6.45, 7) is 3.61. The van der Waals surface area contributed by atoms with Crippen LogP contribution in [0.3, 0.4) is 0 Å². The lowest BCUT2D eigenvalue weighted by Crippen LogP contribution is -2.48. The van der Waals surface area contributed by atoms with Crippen LogP contribution in [0, 0.1) is 0 Å². The summed E-state index contributed by atoms with van der Waals surface area (Å²) in [6.07, 6.45) is 7.35. The first-order chi connectivity index (χ1) is 11.3. The molecule has 1 fully saturated rings. The van der Waals surface area contributed by atoms with E-state index in [1.807, 2.05) is 11.8 Å². The van der Waals surface area contributed by atoms with Gasteiger partial charge in [0, 0.05) is 31.2 Å². The van der Waals surface area contributed by atoms with E-state index in [-0.39, 0.29) is 11.9 Å². The summed E-state index contributed by atoms with van der Waals surface area (Å²) < 4.78 is 10.7. The van der Waals surface area contributed by atoms with Crippen LogP contribution >= 0.6 is 0 Å². The molecule has 3 rings (SSSR count). The number of ether oxygens (including phenoxy) is 1. The Hall–Kier alpha value is -2.28. The van der Waals surface area contributed by atoms with Gasteiger partial charge in [0.2, 0.25) is 5.76 Å². The number of rotatable bonds is 5. The number of nitrogens with zero attached hydrogens (tertiary/aromatic N) is 4. The maximum absolute atomic E-state index is 12.7. The molecule has 0 saturated carbocycles. The van der Waals surface area contributed by atoms with Gasteiger partial charge in [0.15, 0.2) is 0 Å². The van der Waals surface area contributed by atoms with Crippen molar-refractivity contribution in [1.82, 2.24) is 20.0 Å². The lowest BCUT2D eigenvalue weighted by molar-refractivity contribution is -0.00603. The minimum Gasteiger partial charge on any atom is -0.377 e. The molecule has 1 aliphatic rings. The molecule has 0 radical (unpaired) electrons. The van der Waals surface area contributed by atoms with Crippen molar-refractivity contribution in [3.8, 4) is 0 Å². The lowest BCUT2D eigenvalue weighted by atomic mass is 10.1. The lowest BCUT2D eigenvalue weighted by Gasteiger charge is -2.35. The fourth-order valence-electron chi connectivity index (χ4n) is 2.66. The average molecular weight is 316 g/mol. The molecule has 0 N–H and O–H groups in total. The van der Waals surface area contributed by atoms with Gasteiger partial charge in [-0.05, 0) is 19.3 Å². The first-order valence-electron chi connectivity index (χ1n) is 7.87. The van der Waals surface area contributed by atoms with Gasteiger partial charge in [0.1, 0.15) is 0 Å². The molecule has 2 aromatic rings. The minimum absolute atomic E-state index is 0.00781. The van der Waals surface area contributed by atoms with Crippen molar-refractivity contribution in [2.75, 3.05) is 19.8 Å². The molecule has 0 aromatic carbocycles. The topological polar surface area (TPSA) is 81.4 Å². The normalized spacial score (nSPS) is 18.1. The van der Waals surface area contributed by atoms with Crippen LogP contribution in [0.2, 0.25) is 0 Å². The second kappa shape index (κ2) is 7.32. The number of carbonyl (C=O) groups is 1. The second-order valence-electron chi connectivity index (χ2n) is 5.50. The van der Waals surface area contributed by atoms with Crippen molar-refractivity contribution in [1.29, 1.82) is 0 Å². The van der Waals surface area contributed by atoms with Crippen molar-refractivity contribution in [2.45, 2.75) is 32.2 Å². The highest BCUT2D eigenvalue weighted by molar-refractivity contribution is 5.91. The van der Waals surface area contributed by atoms with Gasteiger partial charge in [-0.25, -0.2) is 0 Å². The molecule has 3 heterocycles.